The molecule has 3 rings (SSSR count). The summed E-state index contributed by atoms with van der Waals surface area (Å²) in [4.78, 5) is 18.6. The lowest BCUT2D eigenvalue weighted by Crippen LogP contribution is -2.48. The Morgan fingerprint density at radius 1 is 1.04 bits per heavy atom. The molecule has 1 fully saturated rings. The molecular weight excluding hydrogens is 312 g/mol. The van der Waals surface area contributed by atoms with E-state index in [1.165, 1.54) is 5.56 Å². The molecule has 2 amide bonds. The van der Waals surface area contributed by atoms with Crippen molar-refractivity contribution in [3.05, 3.63) is 66.0 Å². The highest BCUT2D eigenvalue weighted by molar-refractivity contribution is 5.74. The predicted octanol–water partition coefficient (Wildman–Crippen LogP) is 2.59. The molecule has 5 heteroatoms. The van der Waals surface area contributed by atoms with Crippen molar-refractivity contribution in [1.82, 2.24) is 20.5 Å². The van der Waals surface area contributed by atoms with E-state index in [0.29, 0.717) is 6.54 Å². The van der Waals surface area contributed by atoms with E-state index in [4.69, 9.17) is 0 Å². The summed E-state index contributed by atoms with van der Waals surface area (Å²) < 4.78 is 0. The van der Waals surface area contributed by atoms with Gasteiger partial charge in [-0.25, -0.2) is 4.79 Å². The van der Waals surface area contributed by atoms with Gasteiger partial charge in [0, 0.05) is 44.6 Å². The van der Waals surface area contributed by atoms with Crippen molar-refractivity contribution < 1.29 is 4.79 Å². The largest absolute Gasteiger partial charge is 0.335 e. The molecule has 1 saturated heterocycles. The van der Waals surface area contributed by atoms with E-state index in [9.17, 15) is 4.79 Å². The van der Waals surface area contributed by atoms with Crippen molar-refractivity contribution in [1.29, 1.82) is 0 Å². The van der Waals surface area contributed by atoms with Gasteiger partial charge in [-0.3, -0.25) is 4.98 Å². The average molecular weight is 338 g/mol. The molecule has 0 aliphatic carbocycles. The average Bonchev–Trinajstić information content (AvgIpc) is 2.67. The first-order valence-electron chi connectivity index (χ1n) is 8.99. The third kappa shape index (κ3) is 5.87. The molecule has 1 aromatic heterocycles. The van der Waals surface area contributed by atoms with Crippen LogP contribution in [0.1, 0.15) is 24.0 Å². The number of nitrogens with one attached hydrogen (secondary N) is 2. The Morgan fingerprint density at radius 3 is 2.48 bits per heavy atom. The molecule has 0 radical (unpaired) electrons. The lowest BCUT2D eigenvalue weighted by atomic mass is 10.0. The van der Waals surface area contributed by atoms with Gasteiger partial charge >= 0.3 is 6.03 Å². The van der Waals surface area contributed by atoms with Crippen LogP contribution in [-0.2, 0) is 13.0 Å². The lowest BCUT2D eigenvalue weighted by Gasteiger charge is -2.32. The first-order valence-corrected chi connectivity index (χ1v) is 8.99. The summed E-state index contributed by atoms with van der Waals surface area (Å²) in [5.74, 6) is 0. The fourth-order valence-electron chi connectivity index (χ4n) is 3.15. The van der Waals surface area contributed by atoms with E-state index in [0.717, 1.165) is 44.5 Å². The van der Waals surface area contributed by atoms with Crippen molar-refractivity contribution >= 4 is 6.03 Å². The van der Waals surface area contributed by atoms with Gasteiger partial charge in [-0.1, -0.05) is 30.3 Å². The second kappa shape index (κ2) is 9.18. The molecule has 0 bridgehead atoms. The Balaban J connectivity index is 1.32. The smallest absolute Gasteiger partial charge is 0.315 e. The van der Waals surface area contributed by atoms with Crippen molar-refractivity contribution in [2.24, 2.45) is 0 Å². The molecule has 1 aliphatic rings. The minimum Gasteiger partial charge on any atom is -0.335 e. The van der Waals surface area contributed by atoms with Crippen LogP contribution in [0.4, 0.5) is 4.79 Å². The Hall–Kier alpha value is -2.40. The molecule has 5 nitrogen and oxygen atoms in total. The molecule has 1 aromatic carbocycles. The fourth-order valence-corrected chi connectivity index (χ4v) is 3.15. The molecular formula is C20H26N4O. The van der Waals surface area contributed by atoms with E-state index in [2.05, 4.69) is 32.7 Å². The number of rotatable bonds is 6. The third-order valence-electron chi connectivity index (χ3n) is 4.68. The second-order valence-electron chi connectivity index (χ2n) is 6.53. The van der Waals surface area contributed by atoms with Crippen LogP contribution in [-0.4, -0.2) is 41.6 Å². The maximum Gasteiger partial charge on any atom is 0.315 e. The van der Waals surface area contributed by atoms with Gasteiger partial charge in [-0.15, -0.1) is 0 Å². The lowest BCUT2D eigenvalue weighted by molar-refractivity contribution is 0.193. The number of carbonyl (C=O) groups is 1. The Bertz CT molecular complexity index is 639. The molecule has 2 aromatic rings. The summed E-state index contributed by atoms with van der Waals surface area (Å²) in [5, 5.41) is 6.03. The van der Waals surface area contributed by atoms with Crippen LogP contribution in [0.25, 0.3) is 0 Å². The third-order valence-corrected chi connectivity index (χ3v) is 4.68. The minimum atomic E-state index is -0.0703. The summed E-state index contributed by atoms with van der Waals surface area (Å²) in [6.07, 6.45) is 6.77. The summed E-state index contributed by atoms with van der Waals surface area (Å²) in [6, 6.07) is 14.3. The molecule has 2 N–H and O–H groups in total. The summed E-state index contributed by atoms with van der Waals surface area (Å²) in [5.41, 5.74) is 2.44. The van der Waals surface area contributed by atoms with Crippen molar-refractivity contribution in [3.63, 3.8) is 0 Å². The van der Waals surface area contributed by atoms with Crippen LogP contribution in [0.3, 0.4) is 0 Å². The number of pyridine rings is 1. The van der Waals surface area contributed by atoms with E-state index >= 15 is 0 Å². The van der Waals surface area contributed by atoms with Gasteiger partial charge in [0.05, 0.1) is 0 Å². The van der Waals surface area contributed by atoms with Crippen molar-refractivity contribution in [2.45, 2.75) is 31.8 Å². The van der Waals surface area contributed by atoms with Gasteiger partial charge in [0.2, 0.25) is 0 Å². The fraction of sp³-hybridized carbons (Fsp3) is 0.400. The van der Waals surface area contributed by atoms with Gasteiger partial charge in [-0.2, -0.15) is 0 Å². The van der Waals surface area contributed by atoms with Crippen LogP contribution in [0.15, 0.2) is 54.9 Å². The van der Waals surface area contributed by atoms with Crippen LogP contribution < -0.4 is 10.6 Å². The molecule has 1 aliphatic heterocycles. The standard InChI is InChI=1S/C20H26N4O/c25-20(22-16-18-4-2-1-3-5-18)23-19-9-14-24(15-10-19)13-8-17-6-11-21-12-7-17/h1-7,11-12,19H,8-10,13-16H2,(H2,22,23,25). The normalized spacial score (nSPS) is 15.7. The van der Waals surface area contributed by atoms with E-state index in [-0.39, 0.29) is 12.1 Å². The van der Waals surface area contributed by atoms with Gasteiger partial charge < -0.3 is 15.5 Å². The maximum atomic E-state index is 12.0. The number of aromatic nitrogens is 1. The van der Waals surface area contributed by atoms with Gasteiger partial charge in [0.25, 0.3) is 0 Å². The number of likely N-dealkylation sites (tertiary alicyclic amines) is 1. The van der Waals surface area contributed by atoms with Crippen LogP contribution in [0.2, 0.25) is 0 Å². The number of urea groups is 1. The first-order chi connectivity index (χ1) is 12.3. The van der Waals surface area contributed by atoms with Crippen LogP contribution in [0, 0.1) is 0 Å². The first kappa shape index (κ1) is 17.4. The zero-order valence-corrected chi connectivity index (χ0v) is 14.5. The summed E-state index contributed by atoms with van der Waals surface area (Å²) in [7, 11) is 0. The Labute approximate surface area is 149 Å². The highest BCUT2D eigenvalue weighted by atomic mass is 16.2. The predicted molar refractivity (Wildman–Crippen MR) is 99.2 cm³/mol. The van der Waals surface area contributed by atoms with E-state index < -0.39 is 0 Å². The number of carbonyl (C=O) groups excluding carboxylic acids is 1. The zero-order valence-electron chi connectivity index (χ0n) is 14.5. The van der Waals surface area contributed by atoms with E-state index in [1.807, 2.05) is 42.7 Å². The molecule has 2 heterocycles. The molecule has 132 valence electrons. The molecule has 0 unspecified atom stereocenters. The zero-order chi connectivity index (χ0) is 17.3. The number of hydrogen-bond acceptors (Lipinski definition) is 3. The maximum absolute atomic E-state index is 12.0. The van der Waals surface area contributed by atoms with Gasteiger partial charge in [0.15, 0.2) is 0 Å². The summed E-state index contributed by atoms with van der Waals surface area (Å²) in [6.45, 7) is 3.71. The highest BCUT2D eigenvalue weighted by Crippen LogP contribution is 2.11. The quantitative estimate of drug-likeness (QED) is 0.851. The Kier molecular flexibility index (Phi) is 6.40. The number of amides is 2. The number of hydrogen-bond donors (Lipinski definition) is 2. The highest BCUT2D eigenvalue weighted by Gasteiger charge is 2.20. The van der Waals surface area contributed by atoms with E-state index in [1.54, 1.807) is 0 Å². The molecule has 25 heavy (non-hydrogen) atoms. The van der Waals surface area contributed by atoms with Crippen molar-refractivity contribution in [3.8, 4) is 0 Å². The number of nitrogens with zero attached hydrogens (tertiary/aromatic N) is 2. The number of benzene rings is 1. The number of piperidine rings is 1. The second-order valence-corrected chi connectivity index (χ2v) is 6.53. The topological polar surface area (TPSA) is 57.3 Å². The molecule has 0 atom stereocenters. The molecule has 0 saturated carbocycles. The Morgan fingerprint density at radius 2 is 1.76 bits per heavy atom. The van der Waals surface area contributed by atoms with Crippen LogP contribution >= 0.6 is 0 Å². The molecule has 0 spiro atoms. The van der Waals surface area contributed by atoms with Gasteiger partial charge in [-0.05, 0) is 42.5 Å². The van der Waals surface area contributed by atoms with Crippen molar-refractivity contribution in [2.75, 3.05) is 19.6 Å². The van der Waals surface area contributed by atoms with Crippen LogP contribution in [0.5, 0.6) is 0 Å². The van der Waals surface area contributed by atoms with Gasteiger partial charge in [0.1, 0.15) is 0 Å². The SMILES string of the molecule is O=C(NCc1ccccc1)NC1CCN(CCc2ccncc2)CC1. The summed E-state index contributed by atoms with van der Waals surface area (Å²) >= 11 is 0. The minimum absolute atomic E-state index is 0.0703. The monoisotopic (exact) mass is 338 g/mol.